The highest BCUT2D eigenvalue weighted by atomic mass is 28.4. The van der Waals surface area contributed by atoms with E-state index in [-0.39, 0.29) is 19.3 Å². The van der Waals surface area contributed by atoms with Gasteiger partial charge in [0, 0.05) is 0 Å². The smallest absolute Gasteiger partial charge is 0.214 e. The monoisotopic (exact) mass is 342 g/mol. The highest BCUT2D eigenvalue weighted by Gasteiger charge is 2.39. The van der Waals surface area contributed by atoms with Crippen LogP contribution in [0.15, 0.2) is 22.5 Å². The van der Waals surface area contributed by atoms with Crippen LogP contribution in [-0.4, -0.2) is 45.9 Å². The van der Waals surface area contributed by atoms with Crippen LogP contribution < -0.4 is 0 Å². The van der Waals surface area contributed by atoms with E-state index in [0.29, 0.717) is 0 Å². The average molecular weight is 343 g/mol. The summed E-state index contributed by atoms with van der Waals surface area (Å²) in [5.41, 5.74) is 3.61. The normalized spacial score (nSPS) is 24.2. The Labute approximate surface area is 138 Å². The van der Waals surface area contributed by atoms with Gasteiger partial charge in [-0.05, 0) is 25.9 Å². The minimum Gasteiger partial charge on any atom is -0.410 e. The second-order valence-electron chi connectivity index (χ2n) is 6.95. The predicted molar refractivity (Wildman–Crippen MR) is 99.1 cm³/mol. The zero-order valence-electron chi connectivity index (χ0n) is 15.0. The fraction of sp³-hybridized carbons (Fsp3) is 0.765. The number of aliphatic hydroxyl groups excluding tert-OH is 2. The van der Waals surface area contributed by atoms with Crippen molar-refractivity contribution in [2.75, 3.05) is 13.2 Å². The van der Waals surface area contributed by atoms with Crippen molar-refractivity contribution in [3.63, 3.8) is 0 Å². The third kappa shape index (κ3) is 4.89. The Bertz CT molecular complexity index is 404. The molecule has 1 saturated heterocycles. The summed E-state index contributed by atoms with van der Waals surface area (Å²) >= 11 is 0. The molecule has 1 aliphatic heterocycles. The first-order valence-electron chi connectivity index (χ1n) is 8.66. The van der Waals surface area contributed by atoms with E-state index in [1.165, 1.54) is 23.3 Å². The van der Waals surface area contributed by atoms with Crippen molar-refractivity contribution < 1.29 is 14.6 Å². The van der Waals surface area contributed by atoms with Crippen LogP contribution in [0.4, 0.5) is 0 Å². The Morgan fingerprint density at radius 3 is 2.27 bits per heavy atom. The maximum atomic E-state index is 9.79. The Hall–Kier alpha value is -0.206. The summed E-state index contributed by atoms with van der Waals surface area (Å²) in [5.74, 6) is 0. The van der Waals surface area contributed by atoms with Crippen LogP contribution in [0.5, 0.6) is 0 Å². The van der Waals surface area contributed by atoms with E-state index in [0.717, 1.165) is 18.4 Å². The van der Waals surface area contributed by atoms with Crippen molar-refractivity contribution in [2.24, 2.45) is 0 Å². The van der Waals surface area contributed by atoms with E-state index in [1.807, 2.05) is 6.08 Å². The van der Waals surface area contributed by atoms with Gasteiger partial charge >= 0.3 is 0 Å². The van der Waals surface area contributed by atoms with Crippen molar-refractivity contribution in [1.29, 1.82) is 0 Å². The van der Waals surface area contributed by atoms with E-state index in [2.05, 4.69) is 39.6 Å². The van der Waals surface area contributed by atoms with Gasteiger partial charge in [0.1, 0.15) is 0 Å². The van der Waals surface area contributed by atoms with Crippen LogP contribution in [0.1, 0.15) is 33.6 Å². The molecule has 1 rings (SSSR count). The summed E-state index contributed by atoms with van der Waals surface area (Å²) in [7, 11) is -3.18. The van der Waals surface area contributed by atoms with E-state index in [4.69, 9.17) is 9.53 Å². The molecule has 0 bridgehead atoms. The van der Waals surface area contributed by atoms with Gasteiger partial charge in [0.25, 0.3) is 0 Å². The third-order valence-corrected chi connectivity index (χ3v) is 13.5. The van der Waals surface area contributed by atoms with Crippen LogP contribution >= 0.6 is 0 Å². The molecule has 22 heavy (non-hydrogen) atoms. The van der Waals surface area contributed by atoms with Gasteiger partial charge in [0.05, 0.1) is 27.4 Å². The minimum absolute atomic E-state index is 0.0993. The van der Waals surface area contributed by atoms with E-state index in [9.17, 15) is 5.11 Å². The van der Waals surface area contributed by atoms with Gasteiger partial charge in [0.2, 0.25) is 8.32 Å². The molecule has 0 spiro atoms. The van der Waals surface area contributed by atoms with Crippen LogP contribution in [0.25, 0.3) is 0 Å². The first-order chi connectivity index (χ1) is 10.4. The van der Waals surface area contributed by atoms with E-state index >= 15 is 0 Å². The lowest BCUT2D eigenvalue weighted by molar-refractivity contribution is 0.215. The number of aliphatic hydroxyl groups is 2. The molecule has 128 valence electrons. The van der Waals surface area contributed by atoms with Gasteiger partial charge < -0.3 is 14.6 Å². The highest BCUT2D eigenvalue weighted by molar-refractivity contribution is 6.84. The van der Waals surface area contributed by atoms with Gasteiger partial charge in [-0.1, -0.05) is 61.4 Å². The Balaban J connectivity index is 2.86. The quantitative estimate of drug-likeness (QED) is 0.660. The van der Waals surface area contributed by atoms with E-state index in [1.54, 1.807) is 0 Å². The first-order valence-corrected chi connectivity index (χ1v) is 14.3. The fourth-order valence-electron chi connectivity index (χ4n) is 3.53. The SMILES string of the molecule is CC[Si](/C=C(\CO)CC1C/C(=C\CO)[Si](C)(C)O1)(CC)CC. The second-order valence-corrected chi connectivity index (χ2v) is 16.0. The molecular formula is C17H34O3Si2. The Kier molecular flexibility index (Phi) is 7.75. The number of hydrogen-bond donors (Lipinski definition) is 2. The maximum absolute atomic E-state index is 9.79. The molecule has 1 atom stereocenters. The molecule has 0 radical (unpaired) electrons. The molecule has 0 aromatic heterocycles. The zero-order chi connectivity index (χ0) is 16.8. The summed E-state index contributed by atoms with van der Waals surface area (Å²) in [5, 5.41) is 20.3. The molecule has 2 N–H and O–H groups in total. The lowest BCUT2D eigenvalue weighted by atomic mass is 10.1. The lowest BCUT2D eigenvalue weighted by Crippen LogP contribution is -2.31. The van der Waals surface area contributed by atoms with Crippen LogP contribution in [0, 0.1) is 0 Å². The summed E-state index contributed by atoms with van der Waals surface area (Å²) in [6.07, 6.45) is 3.85. The molecule has 0 amide bonds. The molecule has 0 aromatic carbocycles. The van der Waals surface area contributed by atoms with Crippen molar-refractivity contribution >= 4 is 16.4 Å². The summed E-state index contributed by atoms with van der Waals surface area (Å²) in [6, 6.07) is 3.72. The first kappa shape index (κ1) is 19.8. The van der Waals surface area contributed by atoms with Gasteiger partial charge in [0.15, 0.2) is 0 Å². The molecule has 0 saturated carbocycles. The molecule has 5 heteroatoms. The van der Waals surface area contributed by atoms with Gasteiger partial charge in [-0.15, -0.1) is 0 Å². The molecular weight excluding hydrogens is 308 g/mol. The predicted octanol–water partition coefficient (Wildman–Crippen LogP) is 3.79. The van der Waals surface area contributed by atoms with Gasteiger partial charge in [-0.2, -0.15) is 0 Å². The van der Waals surface area contributed by atoms with Crippen molar-refractivity contribution in [1.82, 2.24) is 0 Å². The van der Waals surface area contributed by atoms with E-state index < -0.39 is 16.4 Å². The average Bonchev–Trinajstić information content (AvgIpc) is 2.78. The Morgan fingerprint density at radius 1 is 1.23 bits per heavy atom. The lowest BCUT2D eigenvalue weighted by Gasteiger charge is -2.26. The number of hydrogen-bond acceptors (Lipinski definition) is 3. The van der Waals surface area contributed by atoms with Crippen LogP contribution in [-0.2, 0) is 4.43 Å². The summed E-state index contributed by atoms with van der Waals surface area (Å²) in [4.78, 5) is 0. The molecule has 1 heterocycles. The van der Waals surface area contributed by atoms with Gasteiger partial charge in [-0.25, -0.2) is 0 Å². The summed E-state index contributed by atoms with van der Waals surface area (Å²) < 4.78 is 6.28. The third-order valence-electron chi connectivity index (χ3n) is 5.34. The molecule has 0 aromatic rings. The molecule has 0 aliphatic carbocycles. The molecule has 1 aliphatic rings. The topological polar surface area (TPSA) is 49.7 Å². The van der Waals surface area contributed by atoms with Crippen molar-refractivity contribution in [3.05, 3.63) is 22.5 Å². The van der Waals surface area contributed by atoms with Crippen molar-refractivity contribution in [3.8, 4) is 0 Å². The van der Waals surface area contributed by atoms with Gasteiger partial charge in [-0.3, -0.25) is 0 Å². The molecule has 1 fully saturated rings. The second kappa shape index (κ2) is 8.59. The number of rotatable bonds is 8. The molecule has 1 unspecified atom stereocenters. The molecule has 3 nitrogen and oxygen atoms in total. The summed E-state index contributed by atoms with van der Waals surface area (Å²) in [6.45, 7) is 11.5. The van der Waals surface area contributed by atoms with Crippen molar-refractivity contribution in [2.45, 2.75) is 70.9 Å². The van der Waals surface area contributed by atoms with Crippen LogP contribution in [0.3, 0.4) is 0 Å². The fourth-order valence-corrected chi connectivity index (χ4v) is 9.17. The largest absolute Gasteiger partial charge is 0.410 e. The standard InChI is InChI=1S/C17H34O3Si2/c1-6-22(7-2,8-3)14-15(13-19)11-16-12-17(9-10-18)21(4,5)20-16/h9,14,16,18-19H,6-8,10-13H2,1-5H3/b15-14-,17-9+. The zero-order valence-corrected chi connectivity index (χ0v) is 17.0. The minimum atomic E-state index is -1.81. The Morgan fingerprint density at radius 2 is 1.82 bits per heavy atom. The van der Waals surface area contributed by atoms with Crippen LogP contribution in [0.2, 0.25) is 31.2 Å². The maximum Gasteiger partial charge on any atom is 0.214 e. The highest BCUT2D eigenvalue weighted by Crippen LogP contribution is 2.35.